The van der Waals surface area contributed by atoms with Gasteiger partial charge in [-0.1, -0.05) is 12.1 Å². The molecule has 3 amide bonds. The van der Waals surface area contributed by atoms with Crippen molar-refractivity contribution >= 4 is 17.6 Å². The fourth-order valence-corrected chi connectivity index (χ4v) is 3.10. The van der Waals surface area contributed by atoms with E-state index in [0.717, 1.165) is 17.7 Å². The topological polar surface area (TPSA) is 70.7 Å². The number of hydrogen-bond acceptors (Lipinski definition) is 3. The zero-order valence-electron chi connectivity index (χ0n) is 15.1. The van der Waals surface area contributed by atoms with Crippen molar-refractivity contribution in [3.05, 3.63) is 59.9 Å². The van der Waals surface area contributed by atoms with E-state index in [4.69, 9.17) is 4.74 Å². The lowest BCUT2D eigenvalue weighted by Crippen LogP contribution is -2.47. The third-order valence-electron chi connectivity index (χ3n) is 4.51. The Bertz CT molecular complexity index is 810. The van der Waals surface area contributed by atoms with Crippen LogP contribution < -0.4 is 15.4 Å². The molecule has 0 bridgehead atoms. The molecule has 1 aliphatic heterocycles. The van der Waals surface area contributed by atoms with Crippen LogP contribution in [-0.2, 0) is 11.3 Å². The summed E-state index contributed by atoms with van der Waals surface area (Å²) < 4.78 is 18.2. The van der Waals surface area contributed by atoms with Crippen molar-refractivity contribution in [2.75, 3.05) is 19.0 Å². The van der Waals surface area contributed by atoms with Gasteiger partial charge in [-0.15, -0.1) is 0 Å². The first kappa shape index (κ1) is 18.7. The highest BCUT2D eigenvalue weighted by Crippen LogP contribution is 2.20. The maximum Gasteiger partial charge on any atom is 0.322 e. The molecular weight excluding hydrogens is 349 g/mol. The van der Waals surface area contributed by atoms with Gasteiger partial charge < -0.3 is 20.3 Å². The number of rotatable bonds is 5. The van der Waals surface area contributed by atoms with Crippen LogP contribution in [0.15, 0.2) is 48.5 Å². The minimum atomic E-state index is -0.518. The highest BCUT2D eigenvalue weighted by atomic mass is 19.1. The van der Waals surface area contributed by atoms with Gasteiger partial charge in [0.05, 0.1) is 7.11 Å². The monoisotopic (exact) mass is 371 g/mol. The predicted octanol–water partition coefficient (Wildman–Crippen LogP) is 3.15. The number of likely N-dealkylation sites (tertiary alicyclic amines) is 1. The molecule has 1 fully saturated rings. The van der Waals surface area contributed by atoms with Crippen LogP contribution in [0.1, 0.15) is 18.4 Å². The molecule has 0 radical (unpaired) electrons. The predicted molar refractivity (Wildman–Crippen MR) is 100.0 cm³/mol. The zero-order valence-corrected chi connectivity index (χ0v) is 15.1. The first-order valence-corrected chi connectivity index (χ1v) is 8.80. The molecule has 1 heterocycles. The molecule has 142 valence electrons. The molecule has 3 rings (SSSR count). The highest BCUT2D eigenvalue weighted by molar-refractivity contribution is 5.94. The van der Waals surface area contributed by atoms with E-state index in [0.29, 0.717) is 25.2 Å². The van der Waals surface area contributed by atoms with Gasteiger partial charge in [0.15, 0.2) is 0 Å². The van der Waals surface area contributed by atoms with Crippen molar-refractivity contribution in [3.8, 4) is 5.75 Å². The number of nitrogens with zero attached hydrogens (tertiary/aromatic N) is 1. The molecular formula is C20H22FN3O3. The molecule has 0 spiro atoms. The summed E-state index contributed by atoms with van der Waals surface area (Å²) in [7, 11) is 1.59. The maximum absolute atomic E-state index is 13.0. The average molecular weight is 371 g/mol. The SMILES string of the molecule is COc1cccc(CNC(=O)C2CCCN2C(=O)Nc2ccc(F)cc2)c1. The van der Waals surface area contributed by atoms with Crippen LogP contribution in [0.3, 0.4) is 0 Å². The third kappa shape index (κ3) is 4.75. The Hall–Kier alpha value is -3.09. The van der Waals surface area contributed by atoms with Crippen LogP contribution in [0.25, 0.3) is 0 Å². The van der Waals surface area contributed by atoms with Crippen LogP contribution in [0, 0.1) is 5.82 Å². The Kier molecular flexibility index (Phi) is 5.90. The molecule has 6 nitrogen and oxygen atoms in total. The second-order valence-corrected chi connectivity index (χ2v) is 6.36. The maximum atomic E-state index is 13.0. The van der Waals surface area contributed by atoms with Gasteiger partial charge in [0.25, 0.3) is 0 Å². The summed E-state index contributed by atoms with van der Waals surface area (Å²) in [5.74, 6) is 0.163. The van der Waals surface area contributed by atoms with Crippen LogP contribution in [0.4, 0.5) is 14.9 Å². The Morgan fingerprint density at radius 1 is 1.22 bits per heavy atom. The van der Waals surface area contributed by atoms with Crippen molar-refractivity contribution in [1.82, 2.24) is 10.2 Å². The van der Waals surface area contributed by atoms with E-state index >= 15 is 0 Å². The Labute approximate surface area is 157 Å². The first-order valence-electron chi connectivity index (χ1n) is 8.80. The normalized spacial score (nSPS) is 16.1. The molecule has 0 saturated carbocycles. The van der Waals surface area contributed by atoms with Gasteiger partial charge in [0, 0.05) is 18.8 Å². The number of hydrogen-bond donors (Lipinski definition) is 2. The van der Waals surface area contributed by atoms with Crippen LogP contribution in [0.5, 0.6) is 5.75 Å². The number of methoxy groups -OCH3 is 1. The summed E-state index contributed by atoms with van der Waals surface area (Å²) in [5.41, 5.74) is 1.41. The smallest absolute Gasteiger partial charge is 0.322 e. The standard InChI is InChI=1S/C20H22FN3O3/c1-27-17-5-2-4-14(12-17)13-22-19(25)18-6-3-11-24(18)20(26)23-16-9-7-15(21)8-10-16/h2,4-5,7-10,12,18H,3,6,11,13H2,1H3,(H,22,25)(H,23,26). The van der Waals surface area contributed by atoms with Gasteiger partial charge in [-0.25, -0.2) is 9.18 Å². The fraction of sp³-hybridized carbons (Fsp3) is 0.300. The van der Waals surface area contributed by atoms with Crippen molar-refractivity contribution < 1.29 is 18.7 Å². The van der Waals surface area contributed by atoms with Gasteiger partial charge in [-0.2, -0.15) is 0 Å². The molecule has 7 heteroatoms. The number of halogens is 1. The van der Waals surface area contributed by atoms with Gasteiger partial charge in [0.1, 0.15) is 17.6 Å². The number of urea groups is 1. The number of ether oxygens (including phenoxy) is 1. The number of amides is 3. The van der Waals surface area contributed by atoms with Gasteiger partial charge >= 0.3 is 6.03 Å². The fourth-order valence-electron chi connectivity index (χ4n) is 3.10. The van der Waals surface area contributed by atoms with E-state index in [2.05, 4.69) is 10.6 Å². The van der Waals surface area contributed by atoms with E-state index in [1.165, 1.54) is 29.2 Å². The molecule has 1 unspecified atom stereocenters. The summed E-state index contributed by atoms with van der Waals surface area (Å²) in [6.45, 7) is 0.865. The molecule has 2 aromatic rings. The molecule has 0 aromatic heterocycles. The van der Waals surface area contributed by atoms with E-state index in [1.807, 2.05) is 24.3 Å². The second kappa shape index (κ2) is 8.53. The lowest BCUT2D eigenvalue weighted by molar-refractivity contribution is -0.124. The van der Waals surface area contributed by atoms with E-state index in [9.17, 15) is 14.0 Å². The lowest BCUT2D eigenvalue weighted by Gasteiger charge is -2.24. The first-order chi connectivity index (χ1) is 13.1. The molecule has 1 atom stereocenters. The lowest BCUT2D eigenvalue weighted by atomic mass is 10.2. The number of anilines is 1. The molecule has 1 saturated heterocycles. The summed E-state index contributed by atoms with van der Waals surface area (Å²) in [6, 6.07) is 12.1. The zero-order chi connectivity index (χ0) is 19.2. The van der Waals surface area contributed by atoms with Gasteiger partial charge in [-0.3, -0.25) is 4.79 Å². The van der Waals surface area contributed by atoms with Crippen LogP contribution in [0.2, 0.25) is 0 Å². The van der Waals surface area contributed by atoms with Crippen LogP contribution >= 0.6 is 0 Å². The van der Waals surface area contributed by atoms with Gasteiger partial charge in [-0.05, 0) is 54.8 Å². The quantitative estimate of drug-likeness (QED) is 0.848. The van der Waals surface area contributed by atoms with Crippen molar-refractivity contribution in [2.24, 2.45) is 0 Å². The average Bonchev–Trinajstić information content (AvgIpc) is 3.18. The molecule has 2 N–H and O–H groups in total. The molecule has 27 heavy (non-hydrogen) atoms. The highest BCUT2D eigenvalue weighted by Gasteiger charge is 2.34. The van der Waals surface area contributed by atoms with E-state index < -0.39 is 6.04 Å². The summed E-state index contributed by atoms with van der Waals surface area (Å²) in [6.07, 6.45) is 1.37. The summed E-state index contributed by atoms with van der Waals surface area (Å²) >= 11 is 0. The third-order valence-corrected chi connectivity index (χ3v) is 4.51. The molecule has 0 aliphatic carbocycles. The Morgan fingerprint density at radius 2 is 2.00 bits per heavy atom. The number of carbonyl (C=O) groups excluding carboxylic acids is 2. The van der Waals surface area contributed by atoms with Crippen molar-refractivity contribution in [1.29, 1.82) is 0 Å². The minimum Gasteiger partial charge on any atom is -0.497 e. The second-order valence-electron chi connectivity index (χ2n) is 6.36. The molecule has 1 aliphatic rings. The van der Waals surface area contributed by atoms with E-state index in [1.54, 1.807) is 7.11 Å². The van der Waals surface area contributed by atoms with E-state index in [-0.39, 0.29) is 17.8 Å². The van der Waals surface area contributed by atoms with Crippen molar-refractivity contribution in [3.63, 3.8) is 0 Å². The Balaban J connectivity index is 1.58. The summed E-state index contributed by atoms with van der Waals surface area (Å²) in [5, 5.41) is 5.59. The minimum absolute atomic E-state index is 0.190. The number of benzene rings is 2. The molecule has 2 aromatic carbocycles. The number of carbonyl (C=O) groups is 2. The Morgan fingerprint density at radius 3 is 2.74 bits per heavy atom. The summed E-state index contributed by atoms with van der Waals surface area (Å²) in [4.78, 5) is 26.6. The largest absolute Gasteiger partial charge is 0.497 e. The van der Waals surface area contributed by atoms with Crippen LogP contribution in [-0.4, -0.2) is 36.5 Å². The van der Waals surface area contributed by atoms with Gasteiger partial charge in [0.2, 0.25) is 5.91 Å². The van der Waals surface area contributed by atoms with Crippen molar-refractivity contribution in [2.45, 2.75) is 25.4 Å². The number of nitrogens with one attached hydrogen (secondary N) is 2.